The minimum atomic E-state index is -4.57. The highest BCUT2D eigenvalue weighted by atomic mass is 79.9. The molecule has 0 fully saturated rings. The third kappa shape index (κ3) is 3.69. The van der Waals surface area contributed by atoms with Crippen molar-refractivity contribution in [3.8, 4) is 0 Å². The number of halogens is 4. The molecule has 0 aliphatic rings. The molecule has 3 nitrogen and oxygen atoms in total. The summed E-state index contributed by atoms with van der Waals surface area (Å²) in [6, 6.07) is 2.63. The van der Waals surface area contributed by atoms with Crippen LogP contribution in [0.3, 0.4) is 0 Å². The summed E-state index contributed by atoms with van der Waals surface area (Å²) in [4.78, 5) is 10.0. The number of hydrogen-bond donors (Lipinski definition) is 0. The fourth-order valence-corrected chi connectivity index (χ4v) is 1.81. The molecular formula is C11H11BrF3NO2. The van der Waals surface area contributed by atoms with Gasteiger partial charge >= 0.3 is 6.18 Å². The van der Waals surface area contributed by atoms with Crippen molar-refractivity contribution in [3.05, 3.63) is 39.4 Å². The Labute approximate surface area is 110 Å². The van der Waals surface area contributed by atoms with Crippen LogP contribution >= 0.6 is 15.9 Å². The summed E-state index contributed by atoms with van der Waals surface area (Å²) in [7, 11) is 0. The summed E-state index contributed by atoms with van der Waals surface area (Å²) >= 11 is 3.31. The Bertz CT molecular complexity index is 448. The molecule has 0 saturated heterocycles. The molecule has 0 aliphatic carbocycles. The minimum absolute atomic E-state index is 0.00735. The third-order valence-corrected chi connectivity index (χ3v) is 3.46. The van der Waals surface area contributed by atoms with E-state index in [0.717, 1.165) is 12.5 Å². The van der Waals surface area contributed by atoms with Crippen molar-refractivity contribution in [2.75, 3.05) is 0 Å². The van der Waals surface area contributed by atoms with Crippen LogP contribution in [-0.4, -0.2) is 9.75 Å². The number of benzene rings is 1. The molecule has 0 saturated carbocycles. The SMILES string of the molecule is CCC(Br)Cc1ccc(C(F)(F)F)cc1[N+](=O)[O-]. The lowest BCUT2D eigenvalue weighted by Crippen LogP contribution is -2.09. The van der Waals surface area contributed by atoms with Crippen LogP contribution in [0, 0.1) is 10.1 Å². The molecule has 0 N–H and O–H groups in total. The predicted octanol–water partition coefficient (Wildman–Crippen LogP) is 4.33. The predicted molar refractivity (Wildman–Crippen MR) is 64.8 cm³/mol. The topological polar surface area (TPSA) is 43.1 Å². The Balaban J connectivity index is 3.17. The number of nitro groups is 1. The normalized spacial score (nSPS) is 13.4. The van der Waals surface area contributed by atoms with E-state index in [1.165, 1.54) is 6.07 Å². The second kappa shape index (κ2) is 5.69. The van der Waals surface area contributed by atoms with Crippen LogP contribution in [0.4, 0.5) is 18.9 Å². The van der Waals surface area contributed by atoms with Gasteiger partial charge in [0.15, 0.2) is 0 Å². The van der Waals surface area contributed by atoms with E-state index in [-0.39, 0.29) is 4.83 Å². The zero-order valence-corrected chi connectivity index (χ0v) is 11.1. The zero-order chi connectivity index (χ0) is 13.9. The average molecular weight is 326 g/mol. The van der Waals surface area contributed by atoms with Gasteiger partial charge in [0.05, 0.1) is 10.5 Å². The Hall–Kier alpha value is -1.11. The quantitative estimate of drug-likeness (QED) is 0.469. The summed E-state index contributed by atoms with van der Waals surface area (Å²) in [6.07, 6.45) is -3.51. The number of hydrogen-bond acceptors (Lipinski definition) is 2. The molecule has 0 aliphatic heterocycles. The van der Waals surface area contributed by atoms with Gasteiger partial charge in [0.25, 0.3) is 5.69 Å². The van der Waals surface area contributed by atoms with Crippen LogP contribution in [0.15, 0.2) is 18.2 Å². The van der Waals surface area contributed by atoms with Gasteiger partial charge in [0.2, 0.25) is 0 Å². The van der Waals surface area contributed by atoms with Gasteiger partial charge in [0, 0.05) is 16.5 Å². The van der Waals surface area contributed by atoms with Gasteiger partial charge in [-0.05, 0) is 18.9 Å². The first-order chi connectivity index (χ1) is 8.25. The highest BCUT2D eigenvalue weighted by molar-refractivity contribution is 9.09. The van der Waals surface area contributed by atoms with E-state index >= 15 is 0 Å². The van der Waals surface area contributed by atoms with E-state index in [0.29, 0.717) is 18.1 Å². The van der Waals surface area contributed by atoms with Crippen LogP contribution in [0.2, 0.25) is 0 Å². The lowest BCUT2D eigenvalue weighted by Gasteiger charge is -2.10. The number of nitrogens with zero attached hydrogens (tertiary/aromatic N) is 1. The van der Waals surface area contributed by atoms with E-state index in [4.69, 9.17) is 0 Å². The second-order valence-corrected chi connectivity index (χ2v) is 5.10. The molecule has 0 bridgehead atoms. The highest BCUT2D eigenvalue weighted by Crippen LogP contribution is 2.33. The van der Waals surface area contributed by atoms with Crippen molar-refractivity contribution < 1.29 is 18.1 Å². The van der Waals surface area contributed by atoms with E-state index in [1.54, 1.807) is 0 Å². The fraction of sp³-hybridized carbons (Fsp3) is 0.455. The Morgan fingerprint density at radius 1 is 1.44 bits per heavy atom. The van der Waals surface area contributed by atoms with E-state index in [2.05, 4.69) is 15.9 Å². The Morgan fingerprint density at radius 2 is 2.06 bits per heavy atom. The van der Waals surface area contributed by atoms with E-state index in [9.17, 15) is 23.3 Å². The smallest absolute Gasteiger partial charge is 0.258 e. The first kappa shape index (κ1) is 14.9. The summed E-state index contributed by atoms with van der Waals surface area (Å²) in [6.45, 7) is 1.88. The monoisotopic (exact) mass is 325 g/mol. The van der Waals surface area contributed by atoms with E-state index < -0.39 is 22.4 Å². The molecule has 1 atom stereocenters. The van der Waals surface area contributed by atoms with Crippen molar-refractivity contribution in [2.45, 2.75) is 30.8 Å². The molecule has 0 amide bonds. The summed E-state index contributed by atoms with van der Waals surface area (Å²) < 4.78 is 37.4. The lowest BCUT2D eigenvalue weighted by atomic mass is 10.0. The first-order valence-corrected chi connectivity index (χ1v) is 6.15. The minimum Gasteiger partial charge on any atom is -0.258 e. The van der Waals surface area contributed by atoms with Crippen LogP contribution < -0.4 is 0 Å². The van der Waals surface area contributed by atoms with Crippen molar-refractivity contribution in [2.24, 2.45) is 0 Å². The summed E-state index contributed by atoms with van der Waals surface area (Å²) in [5.74, 6) is 0. The summed E-state index contributed by atoms with van der Waals surface area (Å²) in [5, 5.41) is 10.8. The van der Waals surface area contributed by atoms with Gasteiger partial charge < -0.3 is 0 Å². The first-order valence-electron chi connectivity index (χ1n) is 5.24. The lowest BCUT2D eigenvalue weighted by molar-refractivity contribution is -0.385. The Morgan fingerprint density at radius 3 is 2.50 bits per heavy atom. The van der Waals surface area contributed by atoms with Crippen LogP contribution in [0.25, 0.3) is 0 Å². The van der Waals surface area contributed by atoms with Crippen molar-refractivity contribution in [1.29, 1.82) is 0 Å². The number of rotatable bonds is 4. The van der Waals surface area contributed by atoms with Gasteiger partial charge in [-0.15, -0.1) is 0 Å². The molecule has 1 aromatic rings. The molecule has 1 aromatic carbocycles. The van der Waals surface area contributed by atoms with Crippen molar-refractivity contribution >= 4 is 21.6 Å². The van der Waals surface area contributed by atoms with Gasteiger partial charge in [-0.1, -0.05) is 28.9 Å². The number of alkyl halides is 4. The third-order valence-electron chi connectivity index (χ3n) is 2.49. The molecule has 0 radical (unpaired) electrons. The maximum absolute atomic E-state index is 12.5. The largest absolute Gasteiger partial charge is 0.416 e. The molecular weight excluding hydrogens is 315 g/mol. The number of nitro benzene ring substituents is 1. The molecule has 0 spiro atoms. The maximum Gasteiger partial charge on any atom is 0.416 e. The summed E-state index contributed by atoms with van der Waals surface area (Å²) in [5.41, 5.74) is -1.18. The second-order valence-electron chi connectivity index (χ2n) is 3.81. The van der Waals surface area contributed by atoms with Crippen LogP contribution in [0.5, 0.6) is 0 Å². The van der Waals surface area contributed by atoms with Crippen LogP contribution in [-0.2, 0) is 12.6 Å². The van der Waals surface area contributed by atoms with Gasteiger partial charge in [-0.3, -0.25) is 10.1 Å². The molecule has 100 valence electrons. The molecule has 0 heterocycles. The molecule has 1 rings (SSSR count). The molecule has 7 heteroatoms. The average Bonchev–Trinajstić information content (AvgIpc) is 2.27. The zero-order valence-electron chi connectivity index (χ0n) is 9.50. The van der Waals surface area contributed by atoms with Gasteiger partial charge in [0.1, 0.15) is 0 Å². The fourth-order valence-electron chi connectivity index (χ4n) is 1.47. The Kier molecular flexibility index (Phi) is 4.72. The molecule has 1 unspecified atom stereocenters. The molecule has 18 heavy (non-hydrogen) atoms. The van der Waals surface area contributed by atoms with Crippen molar-refractivity contribution in [1.82, 2.24) is 0 Å². The standard InChI is InChI=1S/C11H11BrF3NO2/c1-2-9(12)5-7-3-4-8(11(13,14)15)6-10(7)16(17)18/h3-4,6,9H,2,5H2,1H3. The molecule has 0 aromatic heterocycles. The van der Waals surface area contributed by atoms with Gasteiger partial charge in [-0.25, -0.2) is 0 Å². The maximum atomic E-state index is 12.5. The van der Waals surface area contributed by atoms with Crippen molar-refractivity contribution in [3.63, 3.8) is 0 Å². The van der Waals surface area contributed by atoms with E-state index in [1.807, 2.05) is 6.92 Å². The van der Waals surface area contributed by atoms with Crippen LogP contribution in [0.1, 0.15) is 24.5 Å². The van der Waals surface area contributed by atoms with Gasteiger partial charge in [-0.2, -0.15) is 13.2 Å². The highest BCUT2D eigenvalue weighted by Gasteiger charge is 2.33.